The van der Waals surface area contributed by atoms with Crippen LogP contribution in [0.1, 0.15) is 26.3 Å². The predicted octanol–water partition coefficient (Wildman–Crippen LogP) is 2.82. The summed E-state index contributed by atoms with van der Waals surface area (Å²) < 4.78 is 2.87. The summed E-state index contributed by atoms with van der Waals surface area (Å²) in [4.78, 5) is 17.4. The maximum Gasteiger partial charge on any atom is 0.350 e. The molecule has 1 aliphatic heterocycles. The van der Waals surface area contributed by atoms with Crippen LogP contribution in [0.15, 0.2) is 59.7 Å². The average Bonchev–Trinajstić information content (AvgIpc) is 3.16. The fourth-order valence-corrected chi connectivity index (χ4v) is 4.15. The zero-order valence-electron chi connectivity index (χ0n) is 18.3. The van der Waals surface area contributed by atoms with Crippen molar-refractivity contribution in [1.82, 2.24) is 14.3 Å². The number of hydrogen-bond donors (Lipinski definition) is 2. The highest BCUT2D eigenvalue weighted by molar-refractivity contribution is 5.85. The maximum absolute atomic E-state index is 12.8. The quantitative estimate of drug-likeness (QED) is 0.589. The molecule has 2 aromatic carbocycles. The Hall–Kier alpha value is -2.97. The second-order valence-electron chi connectivity index (χ2n) is 7.95. The molecule has 1 saturated heterocycles. The van der Waals surface area contributed by atoms with E-state index in [0.29, 0.717) is 6.42 Å². The van der Waals surface area contributed by atoms with E-state index in [-0.39, 0.29) is 29.9 Å². The van der Waals surface area contributed by atoms with Gasteiger partial charge in [-0.2, -0.15) is 5.10 Å². The Balaban J connectivity index is 0.00000289. The molecule has 0 radical (unpaired) electrons. The zero-order valence-corrected chi connectivity index (χ0v) is 19.1. The summed E-state index contributed by atoms with van der Waals surface area (Å²) >= 11 is 0. The third-order valence-corrected chi connectivity index (χ3v) is 5.97. The molecule has 3 aromatic rings. The molecular formula is C23H30ClN5O3. The van der Waals surface area contributed by atoms with Gasteiger partial charge in [-0.25, -0.2) is 14.0 Å². The van der Waals surface area contributed by atoms with Gasteiger partial charge < -0.3 is 20.0 Å². The largest absolute Gasteiger partial charge is 0.508 e. The second kappa shape index (κ2) is 10.1. The molecule has 32 heavy (non-hydrogen) atoms. The second-order valence-corrected chi connectivity index (χ2v) is 7.95. The molecule has 0 bridgehead atoms. The van der Waals surface area contributed by atoms with Crippen molar-refractivity contribution in [1.29, 1.82) is 0 Å². The van der Waals surface area contributed by atoms with Crippen LogP contribution in [0.2, 0.25) is 0 Å². The standard InChI is InChI=1S/C23H29N5O3.ClH/c1-3-22(17(2)29)28-23(31)27(16-24-28)20-6-4-18(5-7-20)25-12-14-26(15-13-25)19-8-10-21(30)11-9-19;/h4-11,16-17,22,29-30H,3,12-15H2,1-2H3;1H/t17-,22-;/m1./s1. The maximum atomic E-state index is 12.8. The van der Waals surface area contributed by atoms with Crippen LogP contribution in [0.25, 0.3) is 5.69 Å². The molecule has 1 fully saturated rings. The summed E-state index contributed by atoms with van der Waals surface area (Å²) in [7, 11) is 0. The molecule has 0 amide bonds. The van der Waals surface area contributed by atoms with Crippen molar-refractivity contribution in [3.05, 3.63) is 65.3 Å². The van der Waals surface area contributed by atoms with Crippen LogP contribution >= 0.6 is 12.4 Å². The number of aliphatic hydroxyl groups is 1. The number of piperazine rings is 1. The van der Waals surface area contributed by atoms with E-state index in [1.54, 1.807) is 19.1 Å². The summed E-state index contributed by atoms with van der Waals surface area (Å²) in [5, 5.41) is 23.6. The van der Waals surface area contributed by atoms with E-state index in [1.165, 1.54) is 15.6 Å². The smallest absolute Gasteiger partial charge is 0.350 e. The monoisotopic (exact) mass is 459 g/mol. The van der Waals surface area contributed by atoms with Crippen molar-refractivity contribution in [2.24, 2.45) is 0 Å². The van der Waals surface area contributed by atoms with E-state index < -0.39 is 6.10 Å². The van der Waals surface area contributed by atoms with E-state index in [0.717, 1.165) is 43.2 Å². The van der Waals surface area contributed by atoms with Crippen LogP contribution in [0.3, 0.4) is 0 Å². The van der Waals surface area contributed by atoms with Crippen LogP contribution in [0, 0.1) is 0 Å². The Morgan fingerprint density at radius 3 is 1.84 bits per heavy atom. The Kier molecular flexibility index (Phi) is 7.48. The van der Waals surface area contributed by atoms with Crippen molar-refractivity contribution in [2.45, 2.75) is 32.4 Å². The number of halogens is 1. The average molecular weight is 460 g/mol. The highest BCUT2D eigenvalue weighted by Crippen LogP contribution is 2.23. The minimum atomic E-state index is -0.645. The minimum absolute atomic E-state index is 0. The van der Waals surface area contributed by atoms with E-state index >= 15 is 0 Å². The predicted molar refractivity (Wildman–Crippen MR) is 129 cm³/mol. The van der Waals surface area contributed by atoms with Gasteiger partial charge in [-0.3, -0.25) is 0 Å². The molecule has 0 unspecified atom stereocenters. The van der Waals surface area contributed by atoms with E-state index in [9.17, 15) is 15.0 Å². The van der Waals surface area contributed by atoms with Crippen molar-refractivity contribution in [3.8, 4) is 11.4 Å². The topological polar surface area (TPSA) is 86.8 Å². The lowest BCUT2D eigenvalue weighted by atomic mass is 10.1. The molecule has 0 saturated carbocycles. The molecular weight excluding hydrogens is 430 g/mol. The minimum Gasteiger partial charge on any atom is -0.508 e. The van der Waals surface area contributed by atoms with Gasteiger partial charge in [0.1, 0.15) is 12.1 Å². The first kappa shape index (κ1) is 23.7. The fourth-order valence-electron chi connectivity index (χ4n) is 4.15. The summed E-state index contributed by atoms with van der Waals surface area (Å²) in [5.41, 5.74) is 2.74. The first-order valence-electron chi connectivity index (χ1n) is 10.7. The van der Waals surface area contributed by atoms with Gasteiger partial charge in [-0.05, 0) is 61.9 Å². The molecule has 8 nitrogen and oxygen atoms in total. The fraction of sp³-hybridized carbons (Fsp3) is 0.391. The lowest BCUT2D eigenvalue weighted by Gasteiger charge is -2.37. The van der Waals surface area contributed by atoms with Gasteiger partial charge in [-0.15, -0.1) is 12.4 Å². The highest BCUT2D eigenvalue weighted by atomic mass is 35.5. The lowest BCUT2D eigenvalue weighted by Crippen LogP contribution is -2.46. The van der Waals surface area contributed by atoms with Crippen molar-refractivity contribution >= 4 is 23.8 Å². The van der Waals surface area contributed by atoms with Gasteiger partial charge in [0.15, 0.2) is 0 Å². The molecule has 4 rings (SSSR count). The number of nitrogens with zero attached hydrogens (tertiary/aromatic N) is 5. The van der Waals surface area contributed by atoms with Gasteiger partial charge in [0, 0.05) is 37.6 Å². The van der Waals surface area contributed by atoms with Crippen LogP contribution in [0.4, 0.5) is 11.4 Å². The number of phenolic OH excluding ortho intramolecular Hbond substituents is 1. The molecule has 172 valence electrons. The third-order valence-electron chi connectivity index (χ3n) is 5.97. The number of phenols is 1. The third kappa shape index (κ3) is 4.76. The number of anilines is 2. The zero-order chi connectivity index (χ0) is 22.0. The molecule has 0 aliphatic carbocycles. The van der Waals surface area contributed by atoms with E-state index in [4.69, 9.17) is 0 Å². The van der Waals surface area contributed by atoms with Crippen LogP contribution < -0.4 is 15.5 Å². The summed E-state index contributed by atoms with van der Waals surface area (Å²) in [5.74, 6) is 0.281. The van der Waals surface area contributed by atoms with Crippen molar-refractivity contribution in [2.75, 3.05) is 36.0 Å². The lowest BCUT2D eigenvalue weighted by molar-refractivity contribution is 0.118. The Labute approximate surface area is 193 Å². The first-order valence-corrected chi connectivity index (χ1v) is 10.7. The SMILES string of the molecule is CC[C@H]([C@@H](C)O)n1ncn(-c2ccc(N3CCN(c4ccc(O)cc4)CC3)cc2)c1=O.Cl. The van der Waals surface area contributed by atoms with E-state index in [1.807, 2.05) is 43.3 Å². The van der Waals surface area contributed by atoms with Crippen LogP contribution in [-0.2, 0) is 0 Å². The number of rotatable bonds is 6. The molecule has 2 heterocycles. The Morgan fingerprint density at radius 2 is 1.38 bits per heavy atom. The van der Waals surface area contributed by atoms with Gasteiger partial charge in [0.25, 0.3) is 0 Å². The number of aliphatic hydroxyl groups excluding tert-OH is 1. The summed E-state index contributed by atoms with van der Waals surface area (Å²) in [6, 6.07) is 14.9. The molecule has 1 aromatic heterocycles. The van der Waals surface area contributed by atoms with Crippen LogP contribution in [-0.4, -0.2) is 56.8 Å². The van der Waals surface area contributed by atoms with Gasteiger partial charge in [-0.1, -0.05) is 6.92 Å². The van der Waals surface area contributed by atoms with Crippen LogP contribution in [0.5, 0.6) is 5.75 Å². The number of aromatic nitrogens is 3. The summed E-state index contributed by atoms with van der Waals surface area (Å²) in [6.07, 6.45) is 1.50. The molecule has 9 heteroatoms. The van der Waals surface area contributed by atoms with Crippen molar-refractivity contribution in [3.63, 3.8) is 0 Å². The Morgan fingerprint density at radius 1 is 0.906 bits per heavy atom. The number of benzene rings is 2. The number of aromatic hydroxyl groups is 1. The number of hydrogen-bond acceptors (Lipinski definition) is 6. The Bertz CT molecular complexity index is 1050. The normalized spacial score (nSPS) is 15.8. The van der Waals surface area contributed by atoms with Gasteiger partial charge in [0.2, 0.25) is 0 Å². The van der Waals surface area contributed by atoms with E-state index in [2.05, 4.69) is 14.9 Å². The molecule has 2 N–H and O–H groups in total. The molecule has 0 spiro atoms. The van der Waals surface area contributed by atoms with Crippen molar-refractivity contribution < 1.29 is 10.2 Å². The highest BCUT2D eigenvalue weighted by Gasteiger charge is 2.21. The first-order chi connectivity index (χ1) is 15.0. The molecule has 1 aliphatic rings. The van der Waals surface area contributed by atoms with Gasteiger partial charge in [0.05, 0.1) is 17.8 Å². The van der Waals surface area contributed by atoms with Gasteiger partial charge >= 0.3 is 5.69 Å². The molecule has 2 atom stereocenters. The summed E-state index contributed by atoms with van der Waals surface area (Å²) in [6.45, 7) is 7.19.